The van der Waals surface area contributed by atoms with Crippen molar-refractivity contribution in [2.75, 3.05) is 39.3 Å². The van der Waals surface area contributed by atoms with Gasteiger partial charge in [-0.15, -0.1) is 0 Å². The molecule has 160 valence electrons. The molecule has 30 heavy (non-hydrogen) atoms. The van der Waals surface area contributed by atoms with Gasteiger partial charge in [-0.3, -0.25) is 19.6 Å². The third kappa shape index (κ3) is 3.88. The molecule has 0 aromatic carbocycles. The van der Waals surface area contributed by atoms with Crippen molar-refractivity contribution in [3.8, 4) is 5.69 Å². The highest BCUT2D eigenvalue weighted by Gasteiger charge is 2.30. The summed E-state index contributed by atoms with van der Waals surface area (Å²) in [6, 6.07) is 2.87. The molecule has 1 amide bonds. The molecular weight excluding hydrogens is 376 g/mol. The van der Waals surface area contributed by atoms with Gasteiger partial charge in [-0.1, -0.05) is 6.42 Å². The molecule has 0 spiro atoms. The maximum absolute atomic E-state index is 12.9. The van der Waals surface area contributed by atoms with E-state index in [1.54, 1.807) is 0 Å². The molecular formula is C23H32N6O. The lowest BCUT2D eigenvalue weighted by molar-refractivity contribution is -0.135. The van der Waals surface area contributed by atoms with Gasteiger partial charge in [0, 0.05) is 75.4 Å². The molecule has 7 heteroatoms. The number of carbonyl (C=O) groups excluding carboxylic acids is 1. The second-order valence-corrected chi connectivity index (χ2v) is 9.12. The van der Waals surface area contributed by atoms with Crippen molar-refractivity contribution in [3.05, 3.63) is 41.0 Å². The van der Waals surface area contributed by atoms with E-state index in [9.17, 15) is 4.79 Å². The van der Waals surface area contributed by atoms with E-state index in [1.807, 2.05) is 17.8 Å². The summed E-state index contributed by atoms with van der Waals surface area (Å²) in [6.07, 6.45) is 8.99. The van der Waals surface area contributed by atoms with Crippen molar-refractivity contribution in [2.45, 2.75) is 52.1 Å². The van der Waals surface area contributed by atoms with Gasteiger partial charge in [0.05, 0.1) is 17.9 Å². The number of hydrogen-bond acceptors (Lipinski definition) is 5. The van der Waals surface area contributed by atoms with Crippen LogP contribution in [-0.4, -0.2) is 80.7 Å². The normalized spacial score (nSPS) is 20.8. The summed E-state index contributed by atoms with van der Waals surface area (Å²) in [5, 5.41) is 4.83. The van der Waals surface area contributed by atoms with Gasteiger partial charge in [-0.2, -0.15) is 5.10 Å². The van der Waals surface area contributed by atoms with Gasteiger partial charge >= 0.3 is 0 Å². The molecule has 5 rings (SSSR count). The molecule has 2 aliphatic heterocycles. The summed E-state index contributed by atoms with van der Waals surface area (Å²) >= 11 is 0. The van der Waals surface area contributed by atoms with Crippen LogP contribution in [0.1, 0.15) is 41.8 Å². The van der Waals surface area contributed by atoms with E-state index >= 15 is 0 Å². The van der Waals surface area contributed by atoms with Gasteiger partial charge < -0.3 is 4.90 Å². The first kappa shape index (κ1) is 19.7. The fraction of sp³-hybridized carbons (Fsp3) is 0.609. The monoisotopic (exact) mass is 408 g/mol. The van der Waals surface area contributed by atoms with Gasteiger partial charge in [0.15, 0.2) is 0 Å². The highest BCUT2D eigenvalue weighted by Crippen LogP contribution is 2.26. The number of hydrogen-bond donors (Lipinski definition) is 0. The zero-order valence-electron chi connectivity index (χ0n) is 18.2. The number of fused-ring (bicyclic) bond motifs is 1. The van der Waals surface area contributed by atoms with Gasteiger partial charge in [0.25, 0.3) is 0 Å². The zero-order chi connectivity index (χ0) is 20.7. The molecule has 7 nitrogen and oxygen atoms in total. The van der Waals surface area contributed by atoms with E-state index in [1.165, 1.54) is 24.8 Å². The largest absolute Gasteiger partial charge is 0.339 e. The first-order valence-corrected chi connectivity index (χ1v) is 11.3. The van der Waals surface area contributed by atoms with Crippen LogP contribution in [0.25, 0.3) is 5.69 Å². The van der Waals surface area contributed by atoms with E-state index < -0.39 is 0 Å². The summed E-state index contributed by atoms with van der Waals surface area (Å²) in [4.78, 5) is 24.2. The predicted octanol–water partition coefficient (Wildman–Crippen LogP) is 1.94. The molecule has 0 atom stereocenters. The Labute approximate surface area is 178 Å². The highest BCUT2D eigenvalue weighted by atomic mass is 16.2. The Morgan fingerprint density at radius 1 is 1.13 bits per heavy atom. The average molecular weight is 409 g/mol. The first-order valence-electron chi connectivity index (χ1n) is 11.3. The molecule has 0 N–H and O–H groups in total. The Hall–Kier alpha value is -2.25. The van der Waals surface area contributed by atoms with E-state index in [-0.39, 0.29) is 5.91 Å². The minimum Gasteiger partial charge on any atom is -0.339 e. The molecule has 2 aromatic heterocycles. The number of aromatic nitrogens is 3. The van der Waals surface area contributed by atoms with E-state index in [2.05, 4.69) is 38.9 Å². The van der Waals surface area contributed by atoms with Crippen LogP contribution in [0, 0.1) is 13.8 Å². The zero-order valence-corrected chi connectivity index (χ0v) is 18.2. The van der Waals surface area contributed by atoms with Crippen LogP contribution < -0.4 is 0 Å². The fourth-order valence-electron chi connectivity index (χ4n) is 4.87. The maximum Gasteiger partial charge on any atom is 0.236 e. The number of carbonyl (C=O) groups is 1. The van der Waals surface area contributed by atoms with Crippen molar-refractivity contribution in [2.24, 2.45) is 0 Å². The second kappa shape index (κ2) is 8.12. The Morgan fingerprint density at radius 2 is 1.93 bits per heavy atom. The van der Waals surface area contributed by atoms with Gasteiger partial charge in [-0.05, 0) is 38.3 Å². The van der Waals surface area contributed by atoms with Crippen LogP contribution in [0.4, 0.5) is 0 Å². The molecule has 4 heterocycles. The summed E-state index contributed by atoms with van der Waals surface area (Å²) in [5.74, 6) is 0.278. The first-order chi connectivity index (χ1) is 14.6. The summed E-state index contributed by atoms with van der Waals surface area (Å²) in [6.45, 7) is 10.1. The number of pyridine rings is 1. The van der Waals surface area contributed by atoms with Crippen LogP contribution in [0.15, 0.2) is 18.5 Å². The lowest BCUT2D eigenvalue weighted by atomic mass is 9.91. The van der Waals surface area contributed by atoms with E-state index in [4.69, 9.17) is 5.10 Å². The lowest BCUT2D eigenvalue weighted by Crippen LogP contribution is -2.55. The molecule has 0 unspecified atom stereocenters. The van der Waals surface area contributed by atoms with Crippen LogP contribution >= 0.6 is 0 Å². The molecule has 1 saturated carbocycles. The lowest BCUT2D eigenvalue weighted by Gasteiger charge is -2.43. The summed E-state index contributed by atoms with van der Waals surface area (Å²) < 4.78 is 1.99. The maximum atomic E-state index is 12.9. The Balaban J connectivity index is 1.19. The van der Waals surface area contributed by atoms with Crippen molar-refractivity contribution < 1.29 is 4.79 Å². The predicted molar refractivity (Wildman–Crippen MR) is 116 cm³/mol. The number of piperazine rings is 1. The number of aryl methyl sites for hydroxylation is 2. The quantitative estimate of drug-likeness (QED) is 0.774. The standard InChI is InChI=1S/C23H32N6O/c1-17-13-24-18(2)12-22(17)29-15-19-14-26(7-6-21(19)25-29)16-23(30)28-10-8-27(9-11-28)20-4-3-5-20/h12-13,15,20H,3-11,14,16H2,1-2H3. The SMILES string of the molecule is Cc1cc(-n2cc3c(n2)CCN(CC(=O)N2CCN(C4CCC4)CC2)C3)c(C)cn1. The second-order valence-electron chi connectivity index (χ2n) is 9.12. The third-order valence-electron chi connectivity index (χ3n) is 7.01. The molecule has 0 radical (unpaired) electrons. The minimum absolute atomic E-state index is 0.278. The highest BCUT2D eigenvalue weighted by molar-refractivity contribution is 5.78. The Bertz CT molecular complexity index is 926. The number of amides is 1. The molecule has 1 saturated heterocycles. The van der Waals surface area contributed by atoms with E-state index in [0.29, 0.717) is 6.54 Å². The molecule has 2 aromatic rings. The molecule has 2 fully saturated rings. The Morgan fingerprint density at radius 3 is 2.67 bits per heavy atom. The van der Waals surface area contributed by atoms with Gasteiger partial charge in [0.2, 0.25) is 5.91 Å². The van der Waals surface area contributed by atoms with Gasteiger partial charge in [0.1, 0.15) is 0 Å². The minimum atomic E-state index is 0.278. The van der Waals surface area contributed by atoms with E-state index in [0.717, 1.165) is 74.4 Å². The molecule has 3 aliphatic rings. The third-order valence-corrected chi connectivity index (χ3v) is 7.01. The fourth-order valence-corrected chi connectivity index (χ4v) is 4.87. The summed E-state index contributed by atoms with van der Waals surface area (Å²) in [7, 11) is 0. The number of rotatable bonds is 4. The molecule has 0 bridgehead atoms. The van der Waals surface area contributed by atoms with Crippen LogP contribution in [0.5, 0.6) is 0 Å². The van der Waals surface area contributed by atoms with Gasteiger partial charge in [-0.25, -0.2) is 4.68 Å². The smallest absolute Gasteiger partial charge is 0.236 e. The van der Waals surface area contributed by atoms with Crippen molar-refractivity contribution in [1.29, 1.82) is 0 Å². The van der Waals surface area contributed by atoms with Crippen molar-refractivity contribution in [3.63, 3.8) is 0 Å². The molecule has 1 aliphatic carbocycles. The van der Waals surface area contributed by atoms with Crippen LogP contribution in [-0.2, 0) is 17.8 Å². The van der Waals surface area contributed by atoms with Crippen molar-refractivity contribution >= 4 is 5.91 Å². The van der Waals surface area contributed by atoms with Crippen LogP contribution in [0.3, 0.4) is 0 Å². The summed E-state index contributed by atoms with van der Waals surface area (Å²) in [5.41, 5.74) is 5.59. The number of nitrogens with zero attached hydrogens (tertiary/aromatic N) is 6. The average Bonchev–Trinajstić information content (AvgIpc) is 3.12. The van der Waals surface area contributed by atoms with Crippen molar-refractivity contribution in [1.82, 2.24) is 29.5 Å². The topological polar surface area (TPSA) is 57.5 Å². The van der Waals surface area contributed by atoms with Crippen LogP contribution in [0.2, 0.25) is 0 Å². The Kier molecular flexibility index (Phi) is 5.33.